The van der Waals surface area contributed by atoms with Crippen LogP contribution in [0.2, 0.25) is 0 Å². The number of methoxy groups -OCH3 is 1. The molecule has 0 spiro atoms. The molecular formula is C13H19NO3. The Hall–Kier alpha value is -1.55. The minimum Gasteiger partial charge on any atom is -0.480 e. The summed E-state index contributed by atoms with van der Waals surface area (Å²) in [6, 6.07) is 9.51. The van der Waals surface area contributed by atoms with Gasteiger partial charge in [-0.1, -0.05) is 18.2 Å². The first-order valence-electron chi connectivity index (χ1n) is 5.62. The van der Waals surface area contributed by atoms with Gasteiger partial charge in [0, 0.05) is 12.8 Å². The van der Waals surface area contributed by atoms with Gasteiger partial charge in [-0.3, -0.25) is 4.79 Å². The molecule has 0 aromatic heterocycles. The van der Waals surface area contributed by atoms with Crippen molar-refractivity contribution in [2.45, 2.75) is 26.0 Å². The van der Waals surface area contributed by atoms with E-state index < -0.39 is 5.97 Å². The molecule has 0 saturated carbocycles. The molecule has 0 radical (unpaired) electrons. The Morgan fingerprint density at radius 2 is 1.94 bits per heavy atom. The number of para-hydroxylation sites is 1. The van der Waals surface area contributed by atoms with Gasteiger partial charge < -0.3 is 14.7 Å². The molecule has 0 fully saturated rings. The van der Waals surface area contributed by atoms with Gasteiger partial charge in [-0.15, -0.1) is 0 Å². The number of rotatable bonds is 6. The molecule has 0 aliphatic heterocycles. The molecule has 17 heavy (non-hydrogen) atoms. The van der Waals surface area contributed by atoms with Crippen molar-refractivity contribution in [3.63, 3.8) is 0 Å². The average Bonchev–Trinajstić information content (AvgIpc) is 2.35. The van der Waals surface area contributed by atoms with E-state index in [1.807, 2.05) is 49.1 Å². The smallest absolute Gasteiger partial charge is 0.323 e. The third kappa shape index (κ3) is 3.75. The number of carboxylic acids is 1. The fourth-order valence-electron chi connectivity index (χ4n) is 1.69. The highest BCUT2D eigenvalue weighted by molar-refractivity contribution is 5.74. The van der Waals surface area contributed by atoms with E-state index >= 15 is 0 Å². The largest absolute Gasteiger partial charge is 0.480 e. The summed E-state index contributed by atoms with van der Waals surface area (Å²) in [6.45, 7) is 3.87. The molecule has 2 atom stereocenters. The van der Waals surface area contributed by atoms with E-state index in [0.29, 0.717) is 0 Å². The number of hydrogen-bond acceptors (Lipinski definition) is 3. The Balaban J connectivity index is 2.91. The summed E-state index contributed by atoms with van der Waals surface area (Å²) in [5, 5.41) is 8.97. The zero-order valence-electron chi connectivity index (χ0n) is 10.5. The van der Waals surface area contributed by atoms with Gasteiger partial charge in [0.25, 0.3) is 0 Å². The Morgan fingerprint density at radius 3 is 2.41 bits per heavy atom. The van der Waals surface area contributed by atoms with Crippen LogP contribution in [0.25, 0.3) is 0 Å². The summed E-state index contributed by atoms with van der Waals surface area (Å²) in [6.07, 6.45) is -0.0328. The lowest BCUT2D eigenvalue weighted by Gasteiger charge is -2.33. The van der Waals surface area contributed by atoms with Gasteiger partial charge in [-0.05, 0) is 26.0 Å². The van der Waals surface area contributed by atoms with Crippen LogP contribution < -0.4 is 4.90 Å². The Labute approximate surface area is 102 Å². The molecule has 0 aliphatic carbocycles. The van der Waals surface area contributed by atoms with Crippen molar-refractivity contribution in [2.24, 2.45) is 0 Å². The number of aliphatic carboxylic acids is 1. The summed E-state index contributed by atoms with van der Waals surface area (Å²) in [5.41, 5.74) is 0.895. The second kappa shape index (κ2) is 6.25. The van der Waals surface area contributed by atoms with Gasteiger partial charge in [-0.25, -0.2) is 0 Å². The number of carbonyl (C=O) groups is 1. The summed E-state index contributed by atoms with van der Waals surface area (Å²) >= 11 is 0. The molecule has 4 heteroatoms. The third-order valence-electron chi connectivity index (χ3n) is 2.94. The number of benzene rings is 1. The van der Waals surface area contributed by atoms with E-state index in [2.05, 4.69) is 0 Å². The van der Waals surface area contributed by atoms with E-state index in [9.17, 15) is 4.79 Å². The minimum absolute atomic E-state index is 0.00139. The van der Waals surface area contributed by atoms with E-state index in [-0.39, 0.29) is 18.7 Å². The summed E-state index contributed by atoms with van der Waals surface area (Å²) in [7, 11) is 1.63. The molecule has 1 N–H and O–H groups in total. The van der Waals surface area contributed by atoms with Crippen molar-refractivity contribution in [1.29, 1.82) is 0 Å². The number of carboxylic acid groups (broad SMARTS) is 1. The number of anilines is 1. The average molecular weight is 237 g/mol. The van der Waals surface area contributed by atoms with Crippen molar-refractivity contribution in [1.82, 2.24) is 0 Å². The molecule has 0 saturated heterocycles. The molecule has 1 rings (SSSR count). The highest BCUT2D eigenvalue weighted by Gasteiger charge is 2.22. The highest BCUT2D eigenvalue weighted by Crippen LogP contribution is 2.18. The van der Waals surface area contributed by atoms with Gasteiger partial charge in [0.1, 0.15) is 6.54 Å². The van der Waals surface area contributed by atoms with Crippen molar-refractivity contribution >= 4 is 11.7 Å². The maximum atomic E-state index is 10.9. The fourth-order valence-corrected chi connectivity index (χ4v) is 1.69. The topological polar surface area (TPSA) is 49.8 Å². The Kier molecular flexibility index (Phi) is 4.97. The fraction of sp³-hybridized carbons (Fsp3) is 0.462. The Bertz CT molecular complexity index is 353. The van der Waals surface area contributed by atoms with Crippen LogP contribution in [0.5, 0.6) is 0 Å². The first-order valence-corrected chi connectivity index (χ1v) is 5.62. The summed E-state index contributed by atoms with van der Waals surface area (Å²) < 4.78 is 5.26. The first-order chi connectivity index (χ1) is 8.06. The van der Waals surface area contributed by atoms with Crippen LogP contribution in [0.15, 0.2) is 30.3 Å². The van der Waals surface area contributed by atoms with Crippen LogP contribution in [0.1, 0.15) is 13.8 Å². The lowest BCUT2D eigenvalue weighted by Crippen LogP contribution is -2.44. The van der Waals surface area contributed by atoms with Crippen LogP contribution >= 0.6 is 0 Å². The van der Waals surface area contributed by atoms with Crippen molar-refractivity contribution < 1.29 is 14.6 Å². The van der Waals surface area contributed by atoms with Gasteiger partial charge >= 0.3 is 5.97 Å². The number of nitrogens with zero attached hydrogens (tertiary/aromatic N) is 1. The summed E-state index contributed by atoms with van der Waals surface area (Å²) in [4.78, 5) is 12.7. The maximum Gasteiger partial charge on any atom is 0.323 e. The van der Waals surface area contributed by atoms with Crippen LogP contribution in [0.3, 0.4) is 0 Å². The SMILES string of the molecule is COC(C)C(C)N(CC(=O)O)c1ccccc1. The second-order valence-electron chi connectivity index (χ2n) is 4.04. The van der Waals surface area contributed by atoms with Crippen molar-refractivity contribution in [2.75, 3.05) is 18.6 Å². The van der Waals surface area contributed by atoms with Gasteiger partial charge in [0.05, 0.1) is 12.1 Å². The van der Waals surface area contributed by atoms with Crippen LogP contribution in [-0.4, -0.2) is 36.9 Å². The molecule has 0 amide bonds. The zero-order chi connectivity index (χ0) is 12.8. The summed E-state index contributed by atoms with van der Waals surface area (Å²) in [5.74, 6) is -0.844. The standard InChI is InChI=1S/C13H19NO3/c1-10(11(2)17-3)14(9-13(15)16)12-7-5-4-6-8-12/h4-8,10-11H,9H2,1-3H3,(H,15,16). The highest BCUT2D eigenvalue weighted by atomic mass is 16.5. The van der Waals surface area contributed by atoms with E-state index in [1.54, 1.807) is 7.11 Å². The van der Waals surface area contributed by atoms with Gasteiger partial charge in [0.2, 0.25) is 0 Å². The van der Waals surface area contributed by atoms with Crippen molar-refractivity contribution in [3.8, 4) is 0 Å². The van der Waals surface area contributed by atoms with Crippen molar-refractivity contribution in [3.05, 3.63) is 30.3 Å². The van der Waals surface area contributed by atoms with E-state index in [0.717, 1.165) is 5.69 Å². The molecule has 1 aromatic carbocycles. The van der Waals surface area contributed by atoms with Gasteiger partial charge in [-0.2, -0.15) is 0 Å². The lowest BCUT2D eigenvalue weighted by molar-refractivity contribution is -0.135. The monoisotopic (exact) mass is 237 g/mol. The third-order valence-corrected chi connectivity index (χ3v) is 2.94. The predicted octanol–water partition coefficient (Wildman–Crippen LogP) is 2.00. The molecule has 0 heterocycles. The molecule has 0 aliphatic rings. The molecule has 0 bridgehead atoms. The molecule has 94 valence electrons. The van der Waals surface area contributed by atoms with Gasteiger partial charge in [0.15, 0.2) is 0 Å². The zero-order valence-corrected chi connectivity index (χ0v) is 10.5. The maximum absolute atomic E-state index is 10.9. The molecule has 2 unspecified atom stereocenters. The van der Waals surface area contributed by atoms with Crippen LogP contribution in [-0.2, 0) is 9.53 Å². The van der Waals surface area contributed by atoms with E-state index in [4.69, 9.17) is 9.84 Å². The molecular weight excluding hydrogens is 218 g/mol. The first kappa shape index (κ1) is 13.5. The van der Waals surface area contributed by atoms with Crippen LogP contribution in [0.4, 0.5) is 5.69 Å². The molecule has 1 aromatic rings. The number of ether oxygens (including phenoxy) is 1. The normalized spacial score (nSPS) is 14.1. The lowest BCUT2D eigenvalue weighted by atomic mass is 10.1. The Morgan fingerprint density at radius 1 is 1.35 bits per heavy atom. The quantitative estimate of drug-likeness (QED) is 0.822. The number of hydrogen-bond donors (Lipinski definition) is 1. The minimum atomic E-state index is -0.844. The van der Waals surface area contributed by atoms with Crippen LogP contribution in [0, 0.1) is 0 Å². The van der Waals surface area contributed by atoms with E-state index in [1.165, 1.54) is 0 Å². The molecule has 4 nitrogen and oxygen atoms in total. The predicted molar refractivity (Wildman–Crippen MR) is 67.4 cm³/mol. The second-order valence-corrected chi connectivity index (χ2v) is 4.04.